The first-order valence-corrected chi connectivity index (χ1v) is 11.8. The average molecular weight is 466 g/mol. The van der Waals surface area contributed by atoms with Crippen molar-refractivity contribution in [1.29, 1.82) is 0 Å². The number of nitrogens with zero attached hydrogens (tertiary/aromatic N) is 1. The van der Waals surface area contributed by atoms with Crippen molar-refractivity contribution in [2.24, 2.45) is 0 Å². The van der Waals surface area contributed by atoms with Crippen LogP contribution in [0.3, 0.4) is 0 Å². The molecule has 1 N–H and O–H groups in total. The summed E-state index contributed by atoms with van der Waals surface area (Å²) in [6, 6.07) is 12.0. The Labute approximate surface area is 202 Å². The first-order valence-electron chi connectivity index (χ1n) is 11.8. The smallest absolute Gasteiger partial charge is 0.295 e. The van der Waals surface area contributed by atoms with Crippen molar-refractivity contribution in [2.75, 3.05) is 20.3 Å². The molecule has 6 nitrogen and oxygen atoms in total. The van der Waals surface area contributed by atoms with Gasteiger partial charge in [0.1, 0.15) is 17.3 Å². The number of carbonyl (C=O) groups excluding carboxylic acids is 2. The van der Waals surface area contributed by atoms with Crippen molar-refractivity contribution in [3.8, 4) is 11.5 Å². The third-order valence-corrected chi connectivity index (χ3v) is 6.08. The third kappa shape index (κ3) is 4.96. The van der Waals surface area contributed by atoms with Gasteiger partial charge in [0.15, 0.2) is 0 Å². The maximum atomic E-state index is 13.2. The summed E-state index contributed by atoms with van der Waals surface area (Å²) < 4.78 is 11.1. The van der Waals surface area contributed by atoms with E-state index in [1.807, 2.05) is 38.1 Å². The summed E-state index contributed by atoms with van der Waals surface area (Å²) in [6.07, 6.45) is 1.64. The molecule has 0 saturated carbocycles. The summed E-state index contributed by atoms with van der Waals surface area (Å²) in [5, 5.41) is 11.4. The Hall–Kier alpha value is -3.28. The number of hydrogen-bond acceptors (Lipinski definition) is 5. The number of carbonyl (C=O) groups is 2. The molecule has 1 aliphatic rings. The van der Waals surface area contributed by atoms with Gasteiger partial charge in [-0.05, 0) is 54.7 Å². The minimum Gasteiger partial charge on any atom is -0.507 e. The molecular weight excluding hydrogens is 430 g/mol. The first kappa shape index (κ1) is 25.3. The lowest BCUT2D eigenvalue weighted by Gasteiger charge is -2.26. The Balaban J connectivity index is 2.19. The highest BCUT2D eigenvalue weighted by Gasteiger charge is 2.45. The molecule has 1 unspecified atom stereocenters. The summed E-state index contributed by atoms with van der Waals surface area (Å²) in [4.78, 5) is 27.8. The monoisotopic (exact) mass is 465 g/mol. The maximum Gasteiger partial charge on any atom is 0.295 e. The molecule has 6 heteroatoms. The Morgan fingerprint density at radius 2 is 1.74 bits per heavy atom. The lowest BCUT2D eigenvalue weighted by Crippen LogP contribution is -2.30. The molecule has 1 heterocycles. The number of benzene rings is 2. The van der Waals surface area contributed by atoms with Crippen LogP contribution in [-0.4, -0.2) is 42.0 Å². The summed E-state index contributed by atoms with van der Waals surface area (Å²) >= 11 is 0. The quantitative estimate of drug-likeness (QED) is 0.311. The summed E-state index contributed by atoms with van der Waals surface area (Å²) in [5.74, 6) is -0.0117. The van der Waals surface area contributed by atoms with Gasteiger partial charge in [-0.1, -0.05) is 46.2 Å². The second-order valence-electron chi connectivity index (χ2n) is 9.51. The van der Waals surface area contributed by atoms with Crippen molar-refractivity contribution in [3.05, 3.63) is 64.7 Å². The van der Waals surface area contributed by atoms with Gasteiger partial charge in [-0.3, -0.25) is 9.59 Å². The molecule has 2 aromatic rings. The van der Waals surface area contributed by atoms with Gasteiger partial charge in [0.2, 0.25) is 0 Å². The van der Waals surface area contributed by atoms with E-state index in [9.17, 15) is 14.7 Å². The standard InChI is InChI=1S/C28H35NO5/c1-7-9-16-29-24(18-10-13-20(33-6)14-11-18)23(26(31)27(29)32)25(30)19-12-15-22(34-8-2)21(17-19)28(3,4)5/h10-15,17,24,30H,7-9,16H2,1-6H3/b25-23-. The van der Waals surface area contributed by atoms with Crippen LogP contribution in [0.1, 0.15) is 70.2 Å². The lowest BCUT2D eigenvalue weighted by atomic mass is 9.84. The van der Waals surface area contributed by atoms with E-state index in [1.54, 1.807) is 30.2 Å². The van der Waals surface area contributed by atoms with Crippen LogP contribution in [0.4, 0.5) is 0 Å². The fraction of sp³-hybridized carbons (Fsp3) is 0.429. The number of Topliss-reactive ketones (excluding diaryl/α,β-unsaturated/α-hetero) is 1. The fourth-order valence-electron chi connectivity index (χ4n) is 4.27. The lowest BCUT2D eigenvalue weighted by molar-refractivity contribution is -0.139. The number of ether oxygens (including phenoxy) is 2. The van der Waals surface area contributed by atoms with Crippen LogP contribution < -0.4 is 9.47 Å². The van der Waals surface area contributed by atoms with E-state index in [-0.39, 0.29) is 16.7 Å². The largest absolute Gasteiger partial charge is 0.507 e. The summed E-state index contributed by atoms with van der Waals surface area (Å²) in [6.45, 7) is 11.1. The van der Waals surface area contributed by atoms with E-state index in [0.29, 0.717) is 24.5 Å². The second-order valence-corrected chi connectivity index (χ2v) is 9.51. The number of unbranched alkanes of at least 4 members (excludes halogenated alkanes) is 1. The van der Waals surface area contributed by atoms with Gasteiger partial charge >= 0.3 is 0 Å². The Morgan fingerprint density at radius 3 is 2.29 bits per heavy atom. The van der Waals surface area contributed by atoms with E-state index in [0.717, 1.165) is 29.7 Å². The number of aliphatic hydroxyl groups is 1. The van der Waals surface area contributed by atoms with Gasteiger partial charge < -0.3 is 19.5 Å². The van der Waals surface area contributed by atoms with Gasteiger partial charge in [0, 0.05) is 17.7 Å². The summed E-state index contributed by atoms with van der Waals surface area (Å²) in [5.41, 5.74) is 2.01. The number of amides is 1. The summed E-state index contributed by atoms with van der Waals surface area (Å²) in [7, 11) is 1.58. The molecular formula is C28H35NO5. The molecule has 34 heavy (non-hydrogen) atoms. The molecule has 2 aromatic carbocycles. The average Bonchev–Trinajstić information content (AvgIpc) is 3.07. The van der Waals surface area contributed by atoms with Crippen LogP contribution in [-0.2, 0) is 15.0 Å². The predicted octanol–water partition coefficient (Wildman–Crippen LogP) is 5.61. The van der Waals surface area contributed by atoms with Crippen molar-refractivity contribution in [3.63, 3.8) is 0 Å². The van der Waals surface area contributed by atoms with Crippen LogP contribution in [0, 0.1) is 0 Å². The Kier molecular flexibility index (Phi) is 7.70. The maximum absolute atomic E-state index is 13.2. The van der Waals surface area contributed by atoms with Crippen LogP contribution >= 0.6 is 0 Å². The topological polar surface area (TPSA) is 76.1 Å². The zero-order chi connectivity index (χ0) is 25.0. The molecule has 1 atom stereocenters. The molecule has 0 radical (unpaired) electrons. The Morgan fingerprint density at radius 1 is 1.06 bits per heavy atom. The fourth-order valence-corrected chi connectivity index (χ4v) is 4.27. The highest BCUT2D eigenvalue weighted by molar-refractivity contribution is 6.46. The van der Waals surface area contributed by atoms with E-state index in [4.69, 9.17) is 9.47 Å². The van der Waals surface area contributed by atoms with Crippen LogP contribution in [0.5, 0.6) is 11.5 Å². The van der Waals surface area contributed by atoms with E-state index in [2.05, 4.69) is 20.8 Å². The van der Waals surface area contributed by atoms with E-state index in [1.165, 1.54) is 0 Å². The minimum absolute atomic E-state index is 0.107. The zero-order valence-electron chi connectivity index (χ0n) is 21.0. The normalized spacial score (nSPS) is 17.8. The van der Waals surface area contributed by atoms with Gasteiger partial charge in [-0.25, -0.2) is 0 Å². The number of methoxy groups -OCH3 is 1. The van der Waals surface area contributed by atoms with Gasteiger partial charge in [-0.2, -0.15) is 0 Å². The first-order chi connectivity index (χ1) is 16.1. The van der Waals surface area contributed by atoms with Crippen molar-refractivity contribution in [1.82, 2.24) is 4.90 Å². The van der Waals surface area contributed by atoms with Crippen molar-refractivity contribution < 1.29 is 24.2 Å². The van der Waals surface area contributed by atoms with Gasteiger partial charge in [-0.15, -0.1) is 0 Å². The molecule has 0 bridgehead atoms. The van der Waals surface area contributed by atoms with Gasteiger partial charge in [0.25, 0.3) is 11.7 Å². The molecule has 1 amide bonds. The van der Waals surface area contributed by atoms with Crippen LogP contribution in [0.25, 0.3) is 5.76 Å². The number of rotatable bonds is 8. The molecule has 0 aromatic heterocycles. The number of aliphatic hydroxyl groups excluding tert-OH is 1. The predicted molar refractivity (Wildman–Crippen MR) is 133 cm³/mol. The van der Waals surface area contributed by atoms with Crippen LogP contribution in [0.2, 0.25) is 0 Å². The molecule has 0 aliphatic carbocycles. The van der Waals surface area contributed by atoms with Crippen molar-refractivity contribution >= 4 is 17.4 Å². The second kappa shape index (κ2) is 10.3. The molecule has 0 spiro atoms. The van der Waals surface area contributed by atoms with Gasteiger partial charge in [0.05, 0.1) is 25.3 Å². The Bertz CT molecular complexity index is 1080. The molecule has 1 aliphatic heterocycles. The highest BCUT2D eigenvalue weighted by Crippen LogP contribution is 2.41. The third-order valence-electron chi connectivity index (χ3n) is 6.08. The SMILES string of the molecule is CCCCN1C(=O)C(=O)/C(=C(\O)c2ccc(OCC)c(C(C)(C)C)c2)C1c1ccc(OC)cc1. The molecule has 3 rings (SSSR count). The van der Waals surface area contributed by atoms with Crippen LogP contribution in [0.15, 0.2) is 48.0 Å². The number of hydrogen-bond donors (Lipinski definition) is 1. The number of ketones is 1. The molecule has 1 saturated heterocycles. The van der Waals surface area contributed by atoms with Crippen molar-refractivity contribution in [2.45, 2.75) is 58.9 Å². The highest BCUT2D eigenvalue weighted by atomic mass is 16.5. The number of likely N-dealkylation sites (tertiary alicyclic amines) is 1. The minimum atomic E-state index is -0.666. The zero-order valence-corrected chi connectivity index (χ0v) is 21.0. The molecule has 182 valence electrons. The molecule has 1 fully saturated rings. The van der Waals surface area contributed by atoms with E-state index < -0.39 is 17.7 Å². The van der Waals surface area contributed by atoms with E-state index >= 15 is 0 Å².